The molecule has 31 heavy (non-hydrogen) atoms. The number of hydrogen-bond donors (Lipinski definition) is 1. The quantitative estimate of drug-likeness (QED) is 0.454. The predicted molar refractivity (Wildman–Crippen MR) is 126 cm³/mol. The number of hydrogen-bond acceptors (Lipinski definition) is 3. The lowest BCUT2D eigenvalue weighted by Gasteiger charge is -2.29. The third-order valence-corrected chi connectivity index (χ3v) is 6.39. The number of rotatable bonds is 6. The van der Waals surface area contributed by atoms with Crippen LogP contribution in [0.5, 0.6) is 0 Å². The second kappa shape index (κ2) is 8.65. The van der Waals surface area contributed by atoms with Crippen molar-refractivity contribution in [3.8, 4) is 0 Å². The largest absolute Gasteiger partial charge is 0.341 e. The van der Waals surface area contributed by atoms with Crippen LogP contribution in [0.25, 0.3) is 23.1 Å². The summed E-state index contributed by atoms with van der Waals surface area (Å²) in [5.41, 5.74) is 6.73. The molecule has 6 heteroatoms. The Morgan fingerprint density at radius 1 is 1.06 bits per heavy atom. The molecule has 2 aromatic carbocycles. The van der Waals surface area contributed by atoms with Crippen molar-refractivity contribution in [3.63, 3.8) is 0 Å². The van der Waals surface area contributed by atoms with Crippen LogP contribution in [0.1, 0.15) is 30.2 Å². The summed E-state index contributed by atoms with van der Waals surface area (Å²) < 4.78 is 33.7. The number of aromatic nitrogens is 1. The highest BCUT2D eigenvalue weighted by Crippen LogP contribution is 2.32. The smallest absolute Gasteiger partial charge is 0.265 e. The van der Waals surface area contributed by atoms with Gasteiger partial charge < -0.3 is 4.90 Å². The standard InChI is InChI=1S/C25H26N2O3S/c1-3-26-22(13-11-21-17-19(2)9-14-25(21)26)18-23-12-10-20-7-4-5-8-24(20)27(23)15-6-16-31(28,29)30/h4-5,7-14,17-18H,3,6,15-16H2,1-2H3/p+1. The van der Waals surface area contributed by atoms with Gasteiger partial charge in [0.1, 0.15) is 0 Å². The van der Waals surface area contributed by atoms with Crippen LogP contribution >= 0.6 is 0 Å². The molecule has 1 aromatic heterocycles. The summed E-state index contributed by atoms with van der Waals surface area (Å²) in [5.74, 6) is -0.257. The Hall–Kier alpha value is -2.96. The highest BCUT2D eigenvalue weighted by Gasteiger charge is 2.20. The van der Waals surface area contributed by atoms with Crippen molar-refractivity contribution in [1.82, 2.24) is 0 Å². The third-order valence-electron chi connectivity index (χ3n) is 5.59. The maximum absolute atomic E-state index is 11.2. The number of likely N-dealkylation sites (N-methyl/N-ethyl adjacent to an activating group) is 1. The van der Waals surface area contributed by atoms with Crippen molar-refractivity contribution >= 4 is 38.9 Å². The third kappa shape index (κ3) is 4.70. The van der Waals surface area contributed by atoms with Crippen molar-refractivity contribution in [2.24, 2.45) is 0 Å². The highest BCUT2D eigenvalue weighted by molar-refractivity contribution is 7.85. The van der Waals surface area contributed by atoms with Gasteiger partial charge >= 0.3 is 0 Å². The molecule has 0 bridgehead atoms. The summed E-state index contributed by atoms with van der Waals surface area (Å²) in [6, 6.07) is 18.7. The van der Waals surface area contributed by atoms with E-state index in [9.17, 15) is 8.42 Å². The highest BCUT2D eigenvalue weighted by atomic mass is 32.2. The molecule has 0 atom stereocenters. The van der Waals surface area contributed by atoms with Gasteiger partial charge in [-0.05, 0) is 49.8 Å². The van der Waals surface area contributed by atoms with E-state index in [0.29, 0.717) is 13.0 Å². The second-order valence-corrected chi connectivity index (χ2v) is 9.39. The number of aryl methyl sites for hydroxylation is 2. The van der Waals surface area contributed by atoms with Crippen molar-refractivity contribution < 1.29 is 17.5 Å². The van der Waals surface area contributed by atoms with Gasteiger partial charge in [0.15, 0.2) is 6.54 Å². The molecule has 0 unspecified atom stereocenters. The Morgan fingerprint density at radius 3 is 2.65 bits per heavy atom. The fourth-order valence-electron chi connectivity index (χ4n) is 4.15. The molecule has 1 aliphatic heterocycles. The van der Waals surface area contributed by atoms with E-state index in [2.05, 4.69) is 71.9 Å². The number of allylic oxidation sites excluding steroid dienone is 1. The number of para-hydroxylation sites is 1. The van der Waals surface area contributed by atoms with Gasteiger partial charge in [0.05, 0.1) is 5.75 Å². The maximum atomic E-state index is 11.2. The summed E-state index contributed by atoms with van der Waals surface area (Å²) in [6.07, 6.45) is 6.75. The van der Waals surface area contributed by atoms with Crippen LogP contribution in [0.2, 0.25) is 0 Å². The van der Waals surface area contributed by atoms with Crippen molar-refractivity contribution in [1.29, 1.82) is 0 Å². The molecular formula is C25H27N2O3S+. The molecule has 3 aromatic rings. The number of fused-ring (bicyclic) bond motifs is 2. The lowest BCUT2D eigenvalue weighted by Crippen LogP contribution is -2.39. The topological polar surface area (TPSA) is 61.5 Å². The number of benzene rings is 2. The fraction of sp³-hybridized carbons (Fsp3) is 0.240. The average molecular weight is 436 g/mol. The van der Waals surface area contributed by atoms with E-state index in [1.165, 1.54) is 16.8 Å². The van der Waals surface area contributed by atoms with Gasteiger partial charge in [-0.1, -0.05) is 29.8 Å². The van der Waals surface area contributed by atoms with E-state index in [0.717, 1.165) is 28.8 Å². The molecular weight excluding hydrogens is 408 g/mol. The van der Waals surface area contributed by atoms with E-state index >= 15 is 0 Å². The van der Waals surface area contributed by atoms with Crippen LogP contribution in [0.15, 0.2) is 66.4 Å². The summed E-state index contributed by atoms with van der Waals surface area (Å²) in [6.45, 7) is 5.56. The molecule has 0 saturated carbocycles. The lowest BCUT2D eigenvalue weighted by molar-refractivity contribution is -0.673. The molecule has 0 fully saturated rings. The molecule has 1 aliphatic rings. The molecule has 0 aliphatic carbocycles. The molecule has 160 valence electrons. The van der Waals surface area contributed by atoms with Gasteiger partial charge in [-0.15, -0.1) is 0 Å². The van der Waals surface area contributed by atoms with Gasteiger partial charge in [0, 0.05) is 47.9 Å². The summed E-state index contributed by atoms with van der Waals surface area (Å²) >= 11 is 0. The molecule has 0 saturated heterocycles. The van der Waals surface area contributed by atoms with Crippen LogP contribution in [-0.4, -0.2) is 25.3 Å². The zero-order chi connectivity index (χ0) is 22.0. The number of pyridine rings is 1. The van der Waals surface area contributed by atoms with E-state index < -0.39 is 10.1 Å². The molecule has 5 nitrogen and oxygen atoms in total. The van der Waals surface area contributed by atoms with Gasteiger partial charge in [-0.25, -0.2) is 0 Å². The van der Waals surface area contributed by atoms with E-state index in [1.54, 1.807) is 0 Å². The molecule has 1 N–H and O–H groups in total. The first kappa shape index (κ1) is 21.3. The second-order valence-electron chi connectivity index (χ2n) is 7.82. The molecule has 0 radical (unpaired) electrons. The van der Waals surface area contributed by atoms with Crippen LogP contribution < -0.4 is 9.47 Å². The first-order valence-corrected chi connectivity index (χ1v) is 12.1. The minimum atomic E-state index is -3.99. The minimum absolute atomic E-state index is 0.257. The summed E-state index contributed by atoms with van der Waals surface area (Å²) in [4.78, 5) is 2.28. The van der Waals surface area contributed by atoms with Crippen molar-refractivity contribution in [3.05, 3.63) is 83.2 Å². The Kier molecular flexibility index (Phi) is 5.94. The number of nitrogens with zero attached hydrogens (tertiary/aromatic N) is 2. The van der Waals surface area contributed by atoms with Gasteiger partial charge in [-0.3, -0.25) is 4.55 Å². The summed E-state index contributed by atoms with van der Waals surface area (Å²) in [7, 11) is -3.99. The predicted octanol–water partition coefficient (Wildman–Crippen LogP) is 4.61. The Labute approximate surface area is 183 Å². The van der Waals surface area contributed by atoms with Crippen LogP contribution in [0.3, 0.4) is 0 Å². The molecule has 0 amide bonds. The van der Waals surface area contributed by atoms with E-state index in [4.69, 9.17) is 4.55 Å². The van der Waals surface area contributed by atoms with Gasteiger partial charge in [0.25, 0.3) is 10.1 Å². The SMILES string of the molecule is CCN1/C(=C/c2ccc3ccccc3[n+]2CCCS(=O)(=O)O)C=Cc2cc(C)ccc21. The maximum Gasteiger partial charge on any atom is 0.265 e. The lowest BCUT2D eigenvalue weighted by atomic mass is 10.0. The first-order chi connectivity index (χ1) is 14.9. The van der Waals surface area contributed by atoms with Crippen molar-refractivity contribution in [2.75, 3.05) is 17.2 Å². The first-order valence-electron chi connectivity index (χ1n) is 10.5. The van der Waals surface area contributed by atoms with Crippen LogP contribution in [0.4, 0.5) is 5.69 Å². The zero-order valence-electron chi connectivity index (χ0n) is 17.8. The van der Waals surface area contributed by atoms with Crippen LogP contribution in [-0.2, 0) is 16.7 Å². The van der Waals surface area contributed by atoms with E-state index in [-0.39, 0.29) is 5.75 Å². The molecule has 2 heterocycles. The number of anilines is 1. The normalized spacial score (nSPS) is 14.9. The Bertz CT molecular complexity index is 1290. The van der Waals surface area contributed by atoms with Crippen molar-refractivity contribution in [2.45, 2.75) is 26.8 Å². The average Bonchev–Trinajstić information content (AvgIpc) is 2.74. The van der Waals surface area contributed by atoms with Crippen LogP contribution in [0, 0.1) is 6.92 Å². The monoisotopic (exact) mass is 435 g/mol. The Balaban J connectivity index is 1.77. The van der Waals surface area contributed by atoms with Gasteiger partial charge in [-0.2, -0.15) is 13.0 Å². The minimum Gasteiger partial charge on any atom is -0.341 e. The van der Waals surface area contributed by atoms with Gasteiger partial charge in [0.2, 0.25) is 11.2 Å². The fourth-order valence-corrected chi connectivity index (χ4v) is 4.64. The molecule has 4 rings (SSSR count). The summed E-state index contributed by atoms with van der Waals surface area (Å²) in [5, 5.41) is 1.09. The Morgan fingerprint density at radius 2 is 1.87 bits per heavy atom. The zero-order valence-corrected chi connectivity index (χ0v) is 18.6. The van der Waals surface area contributed by atoms with E-state index in [1.807, 2.05) is 24.3 Å². The molecule has 0 spiro atoms.